The lowest BCUT2D eigenvalue weighted by Gasteiger charge is -2.11. The minimum absolute atomic E-state index is 0.158. The summed E-state index contributed by atoms with van der Waals surface area (Å²) >= 11 is 0. The van der Waals surface area contributed by atoms with Gasteiger partial charge in [0.05, 0.1) is 5.56 Å². The second-order valence-electron chi connectivity index (χ2n) is 6.21. The number of carbonyl (C=O) groups is 1. The highest BCUT2D eigenvalue weighted by Crippen LogP contribution is 2.29. The molecule has 4 rings (SSSR count). The lowest BCUT2D eigenvalue weighted by atomic mass is 10.0. The highest BCUT2D eigenvalue weighted by atomic mass is 16.5. The number of nitrogens with two attached hydrogens (primary N) is 1. The molecule has 1 aliphatic rings. The van der Waals surface area contributed by atoms with Crippen LogP contribution >= 0.6 is 0 Å². The summed E-state index contributed by atoms with van der Waals surface area (Å²) < 4.78 is 11.1. The second kappa shape index (κ2) is 6.09. The fourth-order valence-corrected chi connectivity index (χ4v) is 3.37. The smallest absolute Gasteiger partial charge is 0.336 e. The number of rotatable bonds is 4. The summed E-state index contributed by atoms with van der Waals surface area (Å²) in [5.41, 5.74) is 9.13. The molecule has 0 radical (unpaired) electrons. The lowest BCUT2D eigenvalue weighted by Crippen LogP contribution is -2.13. The number of fused-ring (bicyclic) bond motifs is 2. The van der Waals surface area contributed by atoms with E-state index >= 15 is 0 Å². The first kappa shape index (κ1) is 15.4. The Morgan fingerprint density at radius 3 is 2.68 bits per heavy atom. The number of hydrogen-bond acceptors (Lipinski definition) is 4. The number of primary amides is 1. The third kappa shape index (κ3) is 2.89. The number of carbonyl (C=O) groups excluding carboxylic acids is 1. The summed E-state index contributed by atoms with van der Waals surface area (Å²) in [7, 11) is 0. The Labute approximate surface area is 144 Å². The monoisotopic (exact) mass is 335 g/mol. The van der Waals surface area contributed by atoms with E-state index in [0.29, 0.717) is 16.9 Å². The van der Waals surface area contributed by atoms with E-state index in [-0.39, 0.29) is 6.61 Å². The topological polar surface area (TPSA) is 82.5 Å². The molecule has 0 bridgehead atoms. The average Bonchev–Trinajstić information content (AvgIpc) is 3.05. The largest absolute Gasteiger partial charge is 0.488 e. The maximum absolute atomic E-state index is 11.9. The quantitative estimate of drug-likeness (QED) is 0.743. The minimum Gasteiger partial charge on any atom is -0.488 e. The normalized spacial score (nSPS) is 13.0. The van der Waals surface area contributed by atoms with Gasteiger partial charge in [0, 0.05) is 17.0 Å². The Morgan fingerprint density at radius 1 is 1.12 bits per heavy atom. The predicted molar refractivity (Wildman–Crippen MR) is 93.8 cm³/mol. The number of hydrogen-bond donors (Lipinski definition) is 1. The van der Waals surface area contributed by atoms with Crippen LogP contribution in [-0.4, -0.2) is 5.91 Å². The van der Waals surface area contributed by atoms with Gasteiger partial charge in [0.25, 0.3) is 5.91 Å². The number of amides is 1. The van der Waals surface area contributed by atoms with E-state index in [1.54, 1.807) is 24.3 Å². The Morgan fingerprint density at radius 2 is 1.88 bits per heavy atom. The summed E-state index contributed by atoms with van der Waals surface area (Å²) in [6.07, 6.45) is 3.17. The molecule has 0 spiro atoms. The van der Waals surface area contributed by atoms with Crippen molar-refractivity contribution < 1.29 is 13.9 Å². The second-order valence-corrected chi connectivity index (χ2v) is 6.21. The molecule has 5 heteroatoms. The van der Waals surface area contributed by atoms with E-state index in [9.17, 15) is 9.59 Å². The Bertz CT molecular complexity index is 1040. The molecular formula is C20H17NO4. The lowest BCUT2D eigenvalue weighted by molar-refractivity contribution is 0.0996. The zero-order valence-electron chi connectivity index (χ0n) is 13.6. The van der Waals surface area contributed by atoms with Crippen molar-refractivity contribution in [3.05, 3.63) is 75.1 Å². The molecule has 2 aromatic carbocycles. The highest BCUT2D eigenvalue weighted by Gasteiger charge is 2.16. The summed E-state index contributed by atoms with van der Waals surface area (Å²) in [6.45, 7) is 0.158. The molecule has 126 valence electrons. The van der Waals surface area contributed by atoms with Crippen LogP contribution in [0.4, 0.5) is 0 Å². The van der Waals surface area contributed by atoms with Crippen molar-refractivity contribution in [2.45, 2.75) is 25.9 Å². The maximum atomic E-state index is 11.9. The molecule has 1 heterocycles. The van der Waals surface area contributed by atoms with Gasteiger partial charge in [-0.15, -0.1) is 0 Å². The predicted octanol–water partition coefficient (Wildman–Crippen LogP) is 2.96. The molecule has 0 aliphatic heterocycles. The van der Waals surface area contributed by atoms with Gasteiger partial charge in [0.15, 0.2) is 0 Å². The Hall–Kier alpha value is -3.08. The zero-order valence-corrected chi connectivity index (χ0v) is 13.6. The van der Waals surface area contributed by atoms with Crippen LogP contribution in [0.2, 0.25) is 0 Å². The first-order chi connectivity index (χ1) is 12.1. The molecule has 1 aromatic heterocycles. The molecule has 0 saturated carbocycles. The van der Waals surface area contributed by atoms with E-state index in [1.807, 2.05) is 6.07 Å². The molecular weight excluding hydrogens is 318 g/mol. The molecule has 1 aliphatic carbocycles. The van der Waals surface area contributed by atoms with Crippen molar-refractivity contribution in [2.24, 2.45) is 5.73 Å². The van der Waals surface area contributed by atoms with Crippen molar-refractivity contribution in [3.8, 4) is 5.75 Å². The van der Waals surface area contributed by atoms with Crippen molar-refractivity contribution in [1.29, 1.82) is 0 Å². The van der Waals surface area contributed by atoms with Gasteiger partial charge in [-0.2, -0.15) is 0 Å². The van der Waals surface area contributed by atoms with Gasteiger partial charge >= 0.3 is 5.63 Å². The number of para-hydroxylation sites is 1. The maximum Gasteiger partial charge on any atom is 0.336 e. The van der Waals surface area contributed by atoms with Crippen molar-refractivity contribution in [1.82, 2.24) is 0 Å². The first-order valence-electron chi connectivity index (χ1n) is 8.22. The summed E-state index contributed by atoms with van der Waals surface area (Å²) in [5, 5.41) is 0.872. The van der Waals surface area contributed by atoms with Crippen LogP contribution in [0.25, 0.3) is 11.0 Å². The molecule has 0 unspecified atom stereocenters. The van der Waals surface area contributed by atoms with Crippen molar-refractivity contribution in [3.63, 3.8) is 0 Å². The van der Waals surface area contributed by atoms with Gasteiger partial charge in [0.1, 0.15) is 17.9 Å². The molecule has 3 aromatic rings. The summed E-state index contributed by atoms with van der Waals surface area (Å²) in [6, 6.07) is 12.3. The van der Waals surface area contributed by atoms with Gasteiger partial charge < -0.3 is 14.9 Å². The van der Waals surface area contributed by atoms with Crippen LogP contribution in [-0.2, 0) is 19.4 Å². The molecule has 0 fully saturated rings. The van der Waals surface area contributed by atoms with Gasteiger partial charge in [-0.1, -0.05) is 12.1 Å². The molecule has 1 amide bonds. The molecule has 2 N–H and O–H groups in total. The third-order valence-electron chi connectivity index (χ3n) is 4.58. The first-order valence-corrected chi connectivity index (χ1v) is 8.22. The van der Waals surface area contributed by atoms with E-state index in [0.717, 1.165) is 30.2 Å². The summed E-state index contributed by atoms with van der Waals surface area (Å²) in [4.78, 5) is 23.4. The molecule has 25 heavy (non-hydrogen) atoms. The third-order valence-corrected chi connectivity index (χ3v) is 4.58. The van der Waals surface area contributed by atoms with Crippen LogP contribution < -0.4 is 16.1 Å². The number of ether oxygens (including phenoxy) is 1. The average molecular weight is 335 g/mol. The van der Waals surface area contributed by atoms with Gasteiger partial charge in [-0.05, 0) is 54.7 Å². The van der Waals surface area contributed by atoms with Crippen LogP contribution in [0.1, 0.15) is 33.5 Å². The number of benzene rings is 2. The van der Waals surface area contributed by atoms with E-state index in [1.165, 1.54) is 17.2 Å². The Balaban J connectivity index is 1.72. The molecule has 0 saturated heterocycles. The fourth-order valence-electron chi connectivity index (χ4n) is 3.37. The molecule has 0 atom stereocenters. The highest BCUT2D eigenvalue weighted by molar-refractivity contribution is 5.95. The van der Waals surface area contributed by atoms with Gasteiger partial charge in [-0.3, -0.25) is 4.79 Å². The van der Waals surface area contributed by atoms with Gasteiger partial charge in [-0.25, -0.2) is 4.79 Å². The zero-order chi connectivity index (χ0) is 17.4. The minimum atomic E-state index is -0.550. The van der Waals surface area contributed by atoms with Crippen molar-refractivity contribution >= 4 is 16.9 Å². The summed E-state index contributed by atoms with van der Waals surface area (Å²) in [5.74, 6) is -0.150. The number of aryl methyl sites for hydroxylation is 2. The standard InChI is InChI=1S/C20H17NO4/c21-20(23)15-6-1-2-7-17(15)24-11-14-10-19(22)25-18-9-13-5-3-4-12(13)8-16(14)18/h1-2,6-10H,3-5,11H2,(H2,21,23). The Kier molecular flexibility index (Phi) is 3.76. The van der Waals surface area contributed by atoms with Gasteiger partial charge in [0.2, 0.25) is 0 Å². The molecule has 5 nitrogen and oxygen atoms in total. The van der Waals surface area contributed by atoms with Crippen LogP contribution in [0, 0.1) is 0 Å². The van der Waals surface area contributed by atoms with E-state index in [4.69, 9.17) is 14.9 Å². The fraction of sp³-hybridized carbons (Fsp3) is 0.200. The SMILES string of the molecule is NC(=O)c1ccccc1OCc1cc(=O)oc2cc3c(cc12)CCC3. The van der Waals surface area contributed by atoms with Crippen LogP contribution in [0.3, 0.4) is 0 Å². The van der Waals surface area contributed by atoms with Crippen LogP contribution in [0.15, 0.2) is 51.7 Å². The van der Waals surface area contributed by atoms with E-state index in [2.05, 4.69) is 6.07 Å². The van der Waals surface area contributed by atoms with Crippen molar-refractivity contribution in [2.75, 3.05) is 0 Å². The van der Waals surface area contributed by atoms with E-state index < -0.39 is 11.5 Å². The van der Waals surface area contributed by atoms with Crippen LogP contribution in [0.5, 0.6) is 5.75 Å².